The lowest BCUT2D eigenvalue weighted by atomic mass is 10.3. The van der Waals surface area contributed by atoms with E-state index in [0.717, 1.165) is 10.2 Å². The second-order valence-corrected chi connectivity index (χ2v) is 3.96. The van der Waals surface area contributed by atoms with Gasteiger partial charge < -0.3 is 10.4 Å². The number of carboxylic acid groups (broad SMARTS) is 1. The Labute approximate surface area is 89.8 Å². The Morgan fingerprint density at radius 2 is 2.40 bits per heavy atom. The average molecular weight is 223 g/mol. The van der Waals surface area contributed by atoms with Gasteiger partial charge in [0.2, 0.25) is 0 Å². The van der Waals surface area contributed by atoms with Crippen molar-refractivity contribution < 1.29 is 9.90 Å². The van der Waals surface area contributed by atoms with Gasteiger partial charge in [0.15, 0.2) is 0 Å². The van der Waals surface area contributed by atoms with E-state index < -0.39 is 12.0 Å². The number of aromatic nitrogens is 2. The Morgan fingerprint density at radius 1 is 1.60 bits per heavy atom. The summed E-state index contributed by atoms with van der Waals surface area (Å²) in [6.45, 7) is 1.57. The van der Waals surface area contributed by atoms with Crippen molar-refractivity contribution >= 4 is 33.3 Å². The molecule has 1 atom stereocenters. The Balaban J connectivity index is 2.35. The third kappa shape index (κ3) is 1.89. The number of carboxylic acids is 1. The summed E-state index contributed by atoms with van der Waals surface area (Å²) in [5.41, 5.74) is 0. The van der Waals surface area contributed by atoms with E-state index in [0.29, 0.717) is 5.82 Å². The second-order valence-electron chi connectivity index (χ2n) is 3.07. The minimum absolute atomic E-state index is 0.566. The van der Waals surface area contributed by atoms with Crippen LogP contribution in [0.2, 0.25) is 0 Å². The van der Waals surface area contributed by atoms with E-state index in [4.69, 9.17) is 5.11 Å². The highest BCUT2D eigenvalue weighted by Gasteiger charge is 2.13. The second kappa shape index (κ2) is 3.82. The third-order valence-electron chi connectivity index (χ3n) is 1.99. The summed E-state index contributed by atoms with van der Waals surface area (Å²) < 4.78 is 0. The van der Waals surface area contributed by atoms with E-state index in [-0.39, 0.29) is 0 Å². The van der Waals surface area contributed by atoms with E-state index in [1.807, 2.05) is 11.4 Å². The number of hydrogen-bond donors (Lipinski definition) is 2. The van der Waals surface area contributed by atoms with Gasteiger partial charge in [-0.1, -0.05) is 0 Å². The minimum atomic E-state index is -0.906. The number of aliphatic carboxylic acids is 1. The SMILES string of the molecule is CC(Nc1ncnc2sccc12)C(=O)O. The van der Waals surface area contributed by atoms with Crippen molar-refractivity contribution in [2.45, 2.75) is 13.0 Å². The number of nitrogens with zero attached hydrogens (tertiary/aromatic N) is 2. The lowest BCUT2D eigenvalue weighted by Crippen LogP contribution is -2.25. The largest absolute Gasteiger partial charge is 0.480 e. The van der Waals surface area contributed by atoms with Crippen molar-refractivity contribution in [1.82, 2.24) is 9.97 Å². The third-order valence-corrected chi connectivity index (χ3v) is 2.81. The van der Waals surface area contributed by atoms with Crippen LogP contribution in [0.15, 0.2) is 17.8 Å². The number of anilines is 1. The van der Waals surface area contributed by atoms with Crippen LogP contribution in [0.25, 0.3) is 10.2 Å². The molecule has 0 amide bonds. The molecule has 0 aliphatic carbocycles. The van der Waals surface area contributed by atoms with Gasteiger partial charge in [0.1, 0.15) is 23.0 Å². The zero-order valence-electron chi connectivity index (χ0n) is 7.97. The van der Waals surface area contributed by atoms with E-state index in [2.05, 4.69) is 15.3 Å². The molecule has 2 heterocycles. The number of thiophene rings is 1. The normalized spacial score (nSPS) is 12.6. The van der Waals surface area contributed by atoms with Crippen LogP contribution < -0.4 is 5.32 Å². The van der Waals surface area contributed by atoms with Crippen molar-refractivity contribution in [1.29, 1.82) is 0 Å². The molecule has 5 nitrogen and oxygen atoms in total. The molecule has 0 saturated heterocycles. The van der Waals surface area contributed by atoms with Crippen LogP contribution in [0.5, 0.6) is 0 Å². The van der Waals surface area contributed by atoms with E-state index >= 15 is 0 Å². The van der Waals surface area contributed by atoms with Crippen LogP contribution >= 0.6 is 11.3 Å². The standard InChI is InChI=1S/C9H9N3O2S/c1-5(9(13)14)12-7-6-2-3-15-8(6)11-4-10-7/h2-5H,1H3,(H,13,14)(H,10,11,12). The summed E-state index contributed by atoms with van der Waals surface area (Å²) in [5.74, 6) is -0.340. The first-order chi connectivity index (χ1) is 7.18. The predicted octanol–water partition coefficient (Wildman–Crippen LogP) is 1.58. The van der Waals surface area contributed by atoms with Gasteiger partial charge in [0.05, 0.1) is 5.39 Å². The maximum absolute atomic E-state index is 10.7. The molecule has 0 saturated carbocycles. The maximum Gasteiger partial charge on any atom is 0.325 e. The first kappa shape index (κ1) is 9.85. The predicted molar refractivity (Wildman–Crippen MR) is 58.1 cm³/mol. The highest BCUT2D eigenvalue weighted by molar-refractivity contribution is 7.16. The van der Waals surface area contributed by atoms with Crippen molar-refractivity contribution in [3.63, 3.8) is 0 Å². The summed E-state index contributed by atoms with van der Waals surface area (Å²) in [4.78, 5) is 19.6. The number of nitrogens with one attached hydrogen (secondary N) is 1. The maximum atomic E-state index is 10.7. The molecule has 0 aliphatic rings. The van der Waals surface area contributed by atoms with Gasteiger partial charge in [-0.3, -0.25) is 4.79 Å². The summed E-state index contributed by atoms with van der Waals surface area (Å²) in [6.07, 6.45) is 1.43. The number of rotatable bonds is 3. The van der Waals surface area contributed by atoms with Gasteiger partial charge in [-0.05, 0) is 18.4 Å². The minimum Gasteiger partial charge on any atom is -0.480 e. The Kier molecular flexibility index (Phi) is 2.51. The molecule has 1 unspecified atom stereocenters. The summed E-state index contributed by atoms with van der Waals surface area (Å²) in [6, 6.07) is 1.21. The quantitative estimate of drug-likeness (QED) is 0.826. The van der Waals surface area contributed by atoms with Gasteiger partial charge in [-0.15, -0.1) is 11.3 Å². The fourth-order valence-corrected chi connectivity index (χ4v) is 1.90. The lowest BCUT2D eigenvalue weighted by molar-refractivity contribution is -0.137. The number of fused-ring (bicyclic) bond motifs is 1. The molecular formula is C9H9N3O2S. The highest BCUT2D eigenvalue weighted by atomic mass is 32.1. The summed E-state index contributed by atoms with van der Waals surface area (Å²) >= 11 is 1.50. The van der Waals surface area contributed by atoms with Gasteiger partial charge in [0.25, 0.3) is 0 Å². The van der Waals surface area contributed by atoms with Gasteiger partial charge in [-0.25, -0.2) is 9.97 Å². The Hall–Kier alpha value is -1.69. The summed E-state index contributed by atoms with van der Waals surface area (Å²) in [7, 11) is 0. The van der Waals surface area contributed by atoms with Crippen LogP contribution in [0.1, 0.15) is 6.92 Å². The van der Waals surface area contributed by atoms with E-state index in [9.17, 15) is 4.79 Å². The zero-order valence-corrected chi connectivity index (χ0v) is 8.78. The fourth-order valence-electron chi connectivity index (χ4n) is 1.17. The molecule has 0 spiro atoms. The molecule has 0 aliphatic heterocycles. The molecule has 15 heavy (non-hydrogen) atoms. The van der Waals surface area contributed by atoms with Crippen LogP contribution in [0, 0.1) is 0 Å². The van der Waals surface area contributed by atoms with Crippen molar-refractivity contribution in [2.24, 2.45) is 0 Å². The van der Waals surface area contributed by atoms with Crippen molar-refractivity contribution in [3.05, 3.63) is 17.8 Å². The lowest BCUT2D eigenvalue weighted by Gasteiger charge is -2.09. The van der Waals surface area contributed by atoms with Crippen molar-refractivity contribution in [2.75, 3.05) is 5.32 Å². The Bertz CT molecular complexity index is 497. The molecule has 2 aromatic heterocycles. The molecule has 0 aromatic carbocycles. The van der Waals surface area contributed by atoms with Crippen LogP contribution in [0.3, 0.4) is 0 Å². The first-order valence-electron chi connectivity index (χ1n) is 4.36. The van der Waals surface area contributed by atoms with Gasteiger partial charge in [0, 0.05) is 0 Å². The molecule has 2 rings (SSSR count). The van der Waals surface area contributed by atoms with Crippen LogP contribution in [-0.2, 0) is 4.79 Å². The fraction of sp³-hybridized carbons (Fsp3) is 0.222. The topological polar surface area (TPSA) is 75.1 Å². The van der Waals surface area contributed by atoms with Crippen LogP contribution in [0.4, 0.5) is 5.82 Å². The number of carbonyl (C=O) groups is 1. The monoisotopic (exact) mass is 223 g/mol. The zero-order chi connectivity index (χ0) is 10.8. The molecule has 0 radical (unpaired) electrons. The molecule has 78 valence electrons. The molecule has 2 N–H and O–H groups in total. The van der Waals surface area contributed by atoms with E-state index in [1.165, 1.54) is 17.7 Å². The molecular weight excluding hydrogens is 214 g/mol. The molecule has 6 heteroatoms. The molecule has 0 bridgehead atoms. The van der Waals surface area contributed by atoms with Crippen LogP contribution in [-0.4, -0.2) is 27.1 Å². The smallest absolute Gasteiger partial charge is 0.325 e. The van der Waals surface area contributed by atoms with Gasteiger partial charge >= 0.3 is 5.97 Å². The first-order valence-corrected chi connectivity index (χ1v) is 5.24. The highest BCUT2D eigenvalue weighted by Crippen LogP contribution is 2.23. The number of hydrogen-bond acceptors (Lipinski definition) is 5. The van der Waals surface area contributed by atoms with Gasteiger partial charge in [-0.2, -0.15) is 0 Å². The molecule has 0 fully saturated rings. The Morgan fingerprint density at radius 3 is 3.13 bits per heavy atom. The molecule has 2 aromatic rings. The summed E-state index contributed by atoms with van der Waals surface area (Å²) in [5, 5.41) is 14.3. The average Bonchev–Trinajstić information content (AvgIpc) is 2.66. The van der Waals surface area contributed by atoms with E-state index in [1.54, 1.807) is 6.92 Å². The van der Waals surface area contributed by atoms with Crippen molar-refractivity contribution in [3.8, 4) is 0 Å².